The average Bonchev–Trinajstić information content (AvgIpc) is 2.90. The minimum atomic E-state index is -0.525. The van der Waals surface area contributed by atoms with Crippen molar-refractivity contribution in [2.75, 3.05) is 7.05 Å². The van der Waals surface area contributed by atoms with Gasteiger partial charge in [-0.05, 0) is 35.4 Å². The quantitative estimate of drug-likeness (QED) is 0.849. The molecule has 1 aliphatic carbocycles. The lowest BCUT2D eigenvalue weighted by Gasteiger charge is -2.26. The molecule has 3 unspecified atom stereocenters. The van der Waals surface area contributed by atoms with E-state index in [4.69, 9.17) is 0 Å². The number of carbonyl (C=O) groups is 2. The number of carbonyl (C=O) groups excluding carboxylic acids is 2. The zero-order valence-corrected chi connectivity index (χ0v) is 12.5. The zero-order valence-electron chi connectivity index (χ0n) is 12.5. The zero-order chi connectivity index (χ0) is 15.1. The molecule has 2 amide bonds. The Kier molecular flexibility index (Phi) is 3.57. The molecule has 1 aromatic rings. The van der Waals surface area contributed by atoms with E-state index < -0.39 is 6.10 Å². The maximum Gasteiger partial charge on any atom is 0.260 e. The van der Waals surface area contributed by atoms with Gasteiger partial charge in [-0.1, -0.05) is 31.9 Å². The molecule has 1 N–H and O–H groups in total. The molecule has 1 saturated carbocycles. The van der Waals surface area contributed by atoms with E-state index in [1.807, 2.05) is 12.1 Å². The number of fused-ring (bicyclic) bond motifs is 1. The van der Waals surface area contributed by atoms with Gasteiger partial charge < -0.3 is 5.11 Å². The van der Waals surface area contributed by atoms with Crippen LogP contribution in [0.2, 0.25) is 0 Å². The Morgan fingerprint density at radius 3 is 2.71 bits per heavy atom. The van der Waals surface area contributed by atoms with Gasteiger partial charge in [-0.2, -0.15) is 0 Å². The number of rotatable bonds is 2. The summed E-state index contributed by atoms with van der Waals surface area (Å²) in [5.74, 6) is 0.331. The molecule has 1 fully saturated rings. The second-order valence-corrected chi connectivity index (χ2v) is 6.37. The number of imide groups is 1. The lowest BCUT2D eigenvalue weighted by molar-refractivity contribution is -0.127. The second kappa shape index (κ2) is 5.26. The van der Waals surface area contributed by atoms with E-state index in [2.05, 4.69) is 6.92 Å². The first-order valence-electron chi connectivity index (χ1n) is 7.61. The van der Waals surface area contributed by atoms with Gasteiger partial charge in [0.25, 0.3) is 5.91 Å². The van der Waals surface area contributed by atoms with Crippen molar-refractivity contribution >= 4 is 11.8 Å². The summed E-state index contributed by atoms with van der Waals surface area (Å²) in [5, 5.41) is 10.6. The molecule has 1 heterocycles. The molecule has 1 aliphatic heterocycles. The highest BCUT2D eigenvalue weighted by Crippen LogP contribution is 2.40. The molecule has 3 rings (SSSR count). The normalized spacial score (nSPS) is 26.9. The molecule has 21 heavy (non-hydrogen) atoms. The molecule has 2 aliphatic rings. The molecule has 0 bridgehead atoms. The molecular formula is C17H21NO3. The summed E-state index contributed by atoms with van der Waals surface area (Å²) < 4.78 is 0. The minimum Gasteiger partial charge on any atom is -0.388 e. The Labute approximate surface area is 124 Å². The van der Waals surface area contributed by atoms with Crippen LogP contribution >= 0.6 is 0 Å². The molecular weight excluding hydrogens is 266 g/mol. The number of hydrogen-bond donors (Lipinski definition) is 1. The first kappa shape index (κ1) is 14.3. The van der Waals surface area contributed by atoms with E-state index in [0.29, 0.717) is 11.5 Å². The highest BCUT2D eigenvalue weighted by molar-refractivity contribution is 6.09. The first-order chi connectivity index (χ1) is 9.99. The van der Waals surface area contributed by atoms with Crippen LogP contribution in [0.25, 0.3) is 0 Å². The summed E-state index contributed by atoms with van der Waals surface area (Å²) >= 11 is 0. The second-order valence-electron chi connectivity index (χ2n) is 6.37. The fraction of sp³-hybridized carbons (Fsp3) is 0.529. The highest BCUT2D eigenvalue weighted by atomic mass is 16.3. The third-order valence-electron chi connectivity index (χ3n) is 5.06. The SMILES string of the molecule is CC1CCCC1C(O)c1ccc2c(c1)C(=O)N(C)C(=O)C2. The number of aliphatic hydroxyl groups excluding tert-OH is 1. The van der Waals surface area contributed by atoms with Gasteiger partial charge in [-0.25, -0.2) is 0 Å². The molecule has 0 spiro atoms. The predicted octanol–water partition coefficient (Wildman–Crippen LogP) is 2.31. The summed E-state index contributed by atoms with van der Waals surface area (Å²) in [6, 6.07) is 5.45. The third kappa shape index (κ3) is 2.38. The minimum absolute atomic E-state index is 0.176. The Morgan fingerprint density at radius 2 is 2.05 bits per heavy atom. The topological polar surface area (TPSA) is 57.6 Å². The molecule has 1 aromatic carbocycles. The van der Waals surface area contributed by atoms with Gasteiger partial charge in [0.2, 0.25) is 5.91 Å². The summed E-state index contributed by atoms with van der Waals surface area (Å²) in [4.78, 5) is 25.1. The first-order valence-corrected chi connectivity index (χ1v) is 7.61. The van der Waals surface area contributed by atoms with Crippen LogP contribution in [0.4, 0.5) is 0 Å². The molecule has 0 saturated heterocycles. The Morgan fingerprint density at radius 1 is 1.29 bits per heavy atom. The van der Waals surface area contributed by atoms with Gasteiger partial charge in [0.15, 0.2) is 0 Å². The summed E-state index contributed by atoms with van der Waals surface area (Å²) in [6.07, 6.45) is 3.08. The van der Waals surface area contributed by atoms with E-state index >= 15 is 0 Å². The number of amides is 2. The van der Waals surface area contributed by atoms with Crippen molar-refractivity contribution in [3.63, 3.8) is 0 Å². The Hall–Kier alpha value is -1.68. The van der Waals surface area contributed by atoms with Crippen molar-refractivity contribution < 1.29 is 14.7 Å². The predicted molar refractivity (Wildman–Crippen MR) is 78.7 cm³/mol. The lowest BCUT2D eigenvalue weighted by atomic mass is 9.86. The number of benzene rings is 1. The number of nitrogens with zero attached hydrogens (tertiary/aromatic N) is 1. The maximum absolute atomic E-state index is 12.2. The lowest BCUT2D eigenvalue weighted by Crippen LogP contribution is -2.39. The van der Waals surface area contributed by atoms with Crippen LogP contribution < -0.4 is 0 Å². The van der Waals surface area contributed by atoms with E-state index in [1.54, 1.807) is 6.07 Å². The van der Waals surface area contributed by atoms with Crippen LogP contribution in [0.5, 0.6) is 0 Å². The monoisotopic (exact) mass is 287 g/mol. The highest BCUT2D eigenvalue weighted by Gasteiger charge is 2.33. The van der Waals surface area contributed by atoms with Crippen LogP contribution in [0.15, 0.2) is 18.2 Å². The Bertz CT molecular complexity index is 596. The van der Waals surface area contributed by atoms with Crippen LogP contribution in [0, 0.1) is 11.8 Å². The van der Waals surface area contributed by atoms with Crippen LogP contribution in [-0.4, -0.2) is 28.9 Å². The Balaban J connectivity index is 1.92. The van der Waals surface area contributed by atoms with E-state index in [1.165, 1.54) is 7.05 Å². The van der Waals surface area contributed by atoms with Crippen molar-refractivity contribution in [1.29, 1.82) is 0 Å². The third-order valence-corrected chi connectivity index (χ3v) is 5.06. The standard InChI is InChI=1S/C17H21NO3/c1-10-4-3-5-13(10)16(20)12-7-6-11-9-15(19)18(2)17(21)14(11)8-12/h6-8,10,13,16,20H,3-5,9H2,1-2H3. The van der Waals surface area contributed by atoms with E-state index in [-0.39, 0.29) is 24.2 Å². The molecule has 4 nitrogen and oxygen atoms in total. The van der Waals surface area contributed by atoms with E-state index in [0.717, 1.165) is 35.3 Å². The van der Waals surface area contributed by atoms with Crippen molar-refractivity contribution in [3.05, 3.63) is 34.9 Å². The van der Waals surface area contributed by atoms with Gasteiger partial charge in [-0.3, -0.25) is 14.5 Å². The summed E-state index contributed by atoms with van der Waals surface area (Å²) in [6.45, 7) is 2.18. The number of aliphatic hydroxyl groups is 1. The molecule has 4 heteroatoms. The van der Waals surface area contributed by atoms with Crippen LogP contribution in [-0.2, 0) is 11.2 Å². The van der Waals surface area contributed by atoms with Crippen molar-refractivity contribution in [1.82, 2.24) is 4.90 Å². The molecule has 112 valence electrons. The van der Waals surface area contributed by atoms with Gasteiger partial charge in [0.05, 0.1) is 12.5 Å². The van der Waals surface area contributed by atoms with Crippen LogP contribution in [0.3, 0.4) is 0 Å². The molecule has 0 aromatic heterocycles. The van der Waals surface area contributed by atoms with E-state index in [9.17, 15) is 14.7 Å². The van der Waals surface area contributed by atoms with Gasteiger partial charge in [-0.15, -0.1) is 0 Å². The summed E-state index contributed by atoms with van der Waals surface area (Å²) in [5.41, 5.74) is 2.11. The van der Waals surface area contributed by atoms with Crippen molar-refractivity contribution in [3.8, 4) is 0 Å². The van der Waals surface area contributed by atoms with Crippen molar-refractivity contribution in [2.24, 2.45) is 11.8 Å². The van der Waals surface area contributed by atoms with Gasteiger partial charge >= 0.3 is 0 Å². The maximum atomic E-state index is 12.2. The molecule has 0 radical (unpaired) electrons. The van der Waals surface area contributed by atoms with Gasteiger partial charge in [0.1, 0.15) is 0 Å². The average molecular weight is 287 g/mol. The summed E-state index contributed by atoms with van der Waals surface area (Å²) in [7, 11) is 1.51. The van der Waals surface area contributed by atoms with Crippen molar-refractivity contribution in [2.45, 2.75) is 38.7 Å². The fourth-order valence-electron chi connectivity index (χ4n) is 3.60. The van der Waals surface area contributed by atoms with Gasteiger partial charge in [0, 0.05) is 12.6 Å². The fourth-order valence-corrected chi connectivity index (χ4v) is 3.60. The number of likely N-dealkylation sites (N-methyl/N-ethyl adjacent to an activating group) is 1. The smallest absolute Gasteiger partial charge is 0.260 e. The molecule has 3 atom stereocenters. The number of hydrogen-bond acceptors (Lipinski definition) is 3. The van der Waals surface area contributed by atoms with Crippen LogP contribution in [0.1, 0.15) is 53.8 Å². The largest absolute Gasteiger partial charge is 0.388 e.